The molecule has 83 heavy (non-hydrogen) atoms. The van der Waals surface area contributed by atoms with Gasteiger partial charge in [-0.15, -0.1) is 0 Å². The van der Waals surface area contributed by atoms with Gasteiger partial charge >= 0.3 is 17.9 Å². The number of carbonyl (C=O) groups excluding carboxylic acids is 3. The van der Waals surface area contributed by atoms with E-state index in [0.717, 1.165) is 109 Å². The molecule has 6 nitrogen and oxygen atoms in total. The molecule has 0 N–H and O–H groups in total. The van der Waals surface area contributed by atoms with Crippen molar-refractivity contribution in [2.45, 2.75) is 361 Å². The second-order valence-electron chi connectivity index (χ2n) is 23.8. The van der Waals surface area contributed by atoms with Crippen molar-refractivity contribution in [2.75, 3.05) is 13.2 Å². The van der Waals surface area contributed by atoms with Gasteiger partial charge in [0.2, 0.25) is 0 Å². The van der Waals surface area contributed by atoms with Crippen LogP contribution in [0.4, 0.5) is 0 Å². The van der Waals surface area contributed by atoms with Crippen LogP contribution in [0, 0.1) is 0 Å². The number of ether oxygens (including phenoxy) is 3. The molecular formula is C77H134O6. The van der Waals surface area contributed by atoms with Gasteiger partial charge in [0.25, 0.3) is 0 Å². The first-order chi connectivity index (χ1) is 41.0. The first-order valence-electron chi connectivity index (χ1n) is 35.7. The van der Waals surface area contributed by atoms with Crippen LogP contribution in [0.2, 0.25) is 0 Å². The van der Waals surface area contributed by atoms with Gasteiger partial charge in [0.1, 0.15) is 13.2 Å². The summed E-state index contributed by atoms with van der Waals surface area (Å²) < 4.78 is 16.9. The van der Waals surface area contributed by atoms with Crippen LogP contribution in [0.5, 0.6) is 0 Å². The summed E-state index contributed by atoms with van der Waals surface area (Å²) >= 11 is 0. The van der Waals surface area contributed by atoms with Crippen molar-refractivity contribution in [2.24, 2.45) is 0 Å². The standard InChI is InChI=1S/C77H134O6/c1-4-7-10-13-16-19-22-25-28-29-30-31-32-33-34-35-36-37-38-39-40-41-42-43-44-45-46-47-50-52-55-58-61-64-67-70-76(79)82-73-74(83-77(80)71-68-65-62-59-56-53-49-27-24-21-18-15-12-9-6-3)72-81-75(78)69-66-63-60-57-54-51-48-26-23-20-17-14-11-8-5-2/h9,12,17-18,20-22,25-27,29-30,48-49,56,59,74H,4-8,10-11,13-16,19,23-24,28,31-47,50-55,57-58,60-73H2,1-3H3/b12-9-,20-17-,21-18-,25-22-,30-29-,48-26-,49-27-,59-56-. The fraction of sp³-hybridized carbons (Fsp3) is 0.753. The normalized spacial score (nSPS) is 12.7. The molecular weight excluding hydrogens is 1020 g/mol. The predicted molar refractivity (Wildman–Crippen MR) is 362 cm³/mol. The summed E-state index contributed by atoms with van der Waals surface area (Å²) in [5.74, 6) is -0.939. The monoisotopic (exact) mass is 1160 g/mol. The average molecular weight is 1160 g/mol. The van der Waals surface area contributed by atoms with E-state index in [9.17, 15) is 14.4 Å². The molecule has 0 aromatic heterocycles. The van der Waals surface area contributed by atoms with Crippen molar-refractivity contribution >= 4 is 17.9 Å². The van der Waals surface area contributed by atoms with Gasteiger partial charge in [-0.05, 0) is 122 Å². The van der Waals surface area contributed by atoms with Gasteiger partial charge in [0, 0.05) is 19.3 Å². The van der Waals surface area contributed by atoms with Crippen molar-refractivity contribution in [1.82, 2.24) is 0 Å². The molecule has 0 spiro atoms. The molecule has 0 saturated carbocycles. The Bertz CT molecular complexity index is 1610. The molecule has 0 aliphatic heterocycles. The SMILES string of the molecule is CC/C=C\C/C=C\C/C=C\C/C=C\CCCCC(=O)OC(COC(=O)CCCCCCC/C=C\C/C=C\CCCCC)COC(=O)CCCCCCCCCCCCCCCCCCCCCCCCC/C=C\C/C=C\CCCCCCC. The Morgan fingerprint density at radius 3 is 0.783 bits per heavy atom. The molecule has 0 fully saturated rings. The van der Waals surface area contributed by atoms with Crippen LogP contribution in [0.1, 0.15) is 355 Å². The molecule has 1 unspecified atom stereocenters. The largest absolute Gasteiger partial charge is 0.462 e. The number of esters is 3. The number of carbonyl (C=O) groups is 3. The highest BCUT2D eigenvalue weighted by Crippen LogP contribution is 2.18. The van der Waals surface area contributed by atoms with Gasteiger partial charge in [-0.25, -0.2) is 0 Å². The molecule has 0 radical (unpaired) electrons. The van der Waals surface area contributed by atoms with Gasteiger partial charge in [0.05, 0.1) is 0 Å². The summed E-state index contributed by atoms with van der Waals surface area (Å²) in [6.45, 7) is 6.48. The third kappa shape index (κ3) is 69.0. The van der Waals surface area contributed by atoms with Gasteiger partial charge < -0.3 is 14.2 Å². The average Bonchev–Trinajstić information content (AvgIpc) is 3.50. The minimum Gasteiger partial charge on any atom is -0.462 e. The fourth-order valence-corrected chi connectivity index (χ4v) is 10.2. The molecule has 0 heterocycles. The van der Waals surface area contributed by atoms with E-state index >= 15 is 0 Å². The molecule has 0 aliphatic rings. The topological polar surface area (TPSA) is 78.9 Å². The highest BCUT2D eigenvalue weighted by Gasteiger charge is 2.19. The Morgan fingerprint density at radius 2 is 0.470 bits per heavy atom. The highest BCUT2D eigenvalue weighted by atomic mass is 16.6. The van der Waals surface area contributed by atoms with E-state index in [1.54, 1.807) is 0 Å². The quantitative estimate of drug-likeness (QED) is 0.0261. The first-order valence-corrected chi connectivity index (χ1v) is 35.7. The minimum atomic E-state index is -0.805. The smallest absolute Gasteiger partial charge is 0.306 e. The summed E-state index contributed by atoms with van der Waals surface area (Å²) in [7, 11) is 0. The van der Waals surface area contributed by atoms with Crippen molar-refractivity contribution in [3.05, 3.63) is 97.2 Å². The van der Waals surface area contributed by atoms with E-state index in [2.05, 4.69) is 118 Å². The van der Waals surface area contributed by atoms with Crippen LogP contribution < -0.4 is 0 Å². The number of unbranched alkanes of at least 4 members (excludes halogenated alkanes) is 38. The van der Waals surface area contributed by atoms with Gasteiger partial charge in [-0.2, -0.15) is 0 Å². The van der Waals surface area contributed by atoms with E-state index in [1.807, 2.05) is 0 Å². The fourth-order valence-electron chi connectivity index (χ4n) is 10.2. The maximum Gasteiger partial charge on any atom is 0.306 e. The Balaban J connectivity index is 4.14. The van der Waals surface area contributed by atoms with Crippen LogP contribution in [-0.4, -0.2) is 37.2 Å². The van der Waals surface area contributed by atoms with Gasteiger partial charge in [-0.3, -0.25) is 14.4 Å². The molecule has 0 rings (SSSR count). The zero-order valence-electron chi connectivity index (χ0n) is 54.9. The zero-order chi connectivity index (χ0) is 59.9. The third-order valence-corrected chi connectivity index (χ3v) is 15.5. The lowest BCUT2D eigenvalue weighted by molar-refractivity contribution is -0.167. The highest BCUT2D eigenvalue weighted by molar-refractivity contribution is 5.71. The van der Waals surface area contributed by atoms with Crippen LogP contribution in [0.15, 0.2) is 97.2 Å². The maximum absolute atomic E-state index is 12.9. The minimum absolute atomic E-state index is 0.0962. The van der Waals surface area contributed by atoms with E-state index in [1.165, 1.54) is 199 Å². The maximum atomic E-state index is 12.9. The summed E-state index contributed by atoms with van der Waals surface area (Å²) in [5.41, 5.74) is 0. The number of hydrogen-bond acceptors (Lipinski definition) is 6. The van der Waals surface area contributed by atoms with E-state index in [-0.39, 0.29) is 37.5 Å². The van der Waals surface area contributed by atoms with Crippen molar-refractivity contribution in [3.8, 4) is 0 Å². The van der Waals surface area contributed by atoms with Gasteiger partial charge in [-0.1, -0.05) is 311 Å². The van der Waals surface area contributed by atoms with Crippen molar-refractivity contribution in [1.29, 1.82) is 0 Å². The summed E-state index contributed by atoms with van der Waals surface area (Å²) in [4.78, 5) is 38.3. The Hall–Kier alpha value is -3.67. The molecule has 0 bridgehead atoms. The van der Waals surface area contributed by atoms with E-state index in [4.69, 9.17) is 14.2 Å². The third-order valence-electron chi connectivity index (χ3n) is 15.5. The molecule has 6 heteroatoms. The molecule has 1 atom stereocenters. The molecule has 478 valence electrons. The summed E-state index contributed by atoms with van der Waals surface area (Å²) in [6.07, 6.45) is 96.1. The lowest BCUT2D eigenvalue weighted by Crippen LogP contribution is -2.30. The number of rotatable bonds is 65. The van der Waals surface area contributed by atoms with Crippen molar-refractivity contribution < 1.29 is 28.6 Å². The molecule has 0 saturated heterocycles. The van der Waals surface area contributed by atoms with Crippen LogP contribution in [0.25, 0.3) is 0 Å². The van der Waals surface area contributed by atoms with E-state index < -0.39 is 6.10 Å². The van der Waals surface area contributed by atoms with Crippen molar-refractivity contribution in [3.63, 3.8) is 0 Å². The van der Waals surface area contributed by atoms with Crippen LogP contribution >= 0.6 is 0 Å². The zero-order valence-corrected chi connectivity index (χ0v) is 54.9. The second kappa shape index (κ2) is 70.8. The predicted octanol–water partition coefficient (Wildman–Crippen LogP) is 24.8. The van der Waals surface area contributed by atoms with E-state index in [0.29, 0.717) is 19.3 Å². The Kier molecular flexibility index (Phi) is 67.7. The first kappa shape index (κ1) is 79.3. The van der Waals surface area contributed by atoms with Gasteiger partial charge in [0.15, 0.2) is 6.10 Å². The summed E-state index contributed by atoms with van der Waals surface area (Å²) in [5, 5.41) is 0. The Labute approximate surface area is 515 Å². The second-order valence-corrected chi connectivity index (χ2v) is 23.8. The summed E-state index contributed by atoms with van der Waals surface area (Å²) in [6, 6.07) is 0. The molecule has 0 aromatic rings. The molecule has 0 amide bonds. The number of allylic oxidation sites excluding steroid dienone is 16. The molecule has 0 aliphatic carbocycles. The number of hydrogen-bond donors (Lipinski definition) is 0. The lowest BCUT2D eigenvalue weighted by atomic mass is 10.0. The molecule has 0 aromatic carbocycles. The Morgan fingerprint density at radius 1 is 0.253 bits per heavy atom. The van der Waals surface area contributed by atoms with Crippen LogP contribution in [-0.2, 0) is 28.6 Å². The lowest BCUT2D eigenvalue weighted by Gasteiger charge is -2.18. The van der Waals surface area contributed by atoms with Crippen LogP contribution in [0.3, 0.4) is 0 Å².